The molecule has 2 nitrogen and oxygen atoms in total. The average Bonchev–Trinajstić information content (AvgIpc) is 2.95. The van der Waals surface area contributed by atoms with E-state index < -0.39 is 0 Å². The van der Waals surface area contributed by atoms with Gasteiger partial charge in [0.15, 0.2) is 0 Å². The molecule has 0 radical (unpaired) electrons. The second kappa shape index (κ2) is 4.52. The standard InChI is InChI=1S/C15H21NO/c1-9-5-6-13(10(2)7-9)12(4)16-15(17)14-8-11(14)3/h5-7,11-12,14H,8H2,1-4H3,(H,16,17)/t11-,12+,14-/m1/s1. The Bertz CT molecular complexity index is 439. The van der Waals surface area contributed by atoms with Crippen molar-refractivity contribution in [2.24, 2.45) is 11.8 Å². The van der Waals surface area contributed by atoms with E-state index in [9.17, 15) is 4.79 Å². The van der Waals surface area contributed by atoms with Crippen LogP contribution >= 0.6 is 0 Å². The summed E-state index contributed by atoms with van der Waals surface area (Å²) in [6.07, 6.45) is 1.05. The van der Waals surface area contributed by atoms with E-state index in [1.165, 1.54) is 16.7 Å². The predicted octanol–water partition coefficient (Wildman–Crippen LogP) is 3.14. The van der Waals surface area contributed by atoms with Crippen LogP contribution in [0.1, 0.15) is 43.0 Å². The number of nitrogens with one attached hydrogen (secondary N) is 1. The smallest absolute Gasteiger partial charge is 0.223 e. The van der Waals surface area contributed by atoms with Crippen molar-refractivity contribution in [2.75, 3.05) is 0 Å². The Labute approximate surface area is 103 Å². The molecule has 1 saturated carbocycles. The first-order valence-electron chi connectivity index (χ1n) is 6.36. The lowest BCUT2D eigenvalue weighted by Gasteiger charge is -2.17. The Morgan fingerprint density at radius 2 is 2.06 bits per heavy atom. The number of carbonyl (C=O) groups excluding carboxylic acids is 1. The van der Waals surface area contributed by atoms with Gasteiger partial charge < -0.3 is 5.32 Å². The highest BCUT2D eigenvalue weighted by Gasteiger charge is 2.39. The molecule has 0 bridgehead atoms. The molecule has 2 heteroatoms. The van der Waals surface area contributed by atoms with Gasteiger partial charge >= 0.3 is 0 Å². The van der Waals surface area contributed by atoms with Gasteiger partial charge in [-0.25, -0.2) is 0 Å². The summed E-state index contributed by atoms with van der Waals surface area (Å²) in [6, 6.07) is 6.49. The maximum absolute atomic E-state index is 11.9. The van der Waals surface area contributed by atoms with Gasteiger partial charge in [-0.15, -0.1) is 0 Å². The van der Waals surface area contributed by atoms with E-state index in [0.29, 0.717) is 5.92 Å². The number of carbonyl (C=O) groups is 1. The average molecular weight is 231 g/mol. The van der Waals surface area contributed by atoms with Crippen molar-refractivity contribution in [2.45, 2.75) is 40.2 Å². The molecule has 3 atom stereocenters. The zero-order chi connectivity index (χ0) is 12.6. The minimum atomic E-state index is 0.107. The Hall–Kier alpha value is -1.31. The van der Waals surface area contributed by atoms with Crippen LogP contribution in [-0.2, 0) is 4.79 Å². The molecular formula is C15H21NO. The molecule has 0 spiro atoms. The van der Waals surface area contributed by atoms with Crippen LogP contribution in [0.15, 0.2) is 18.2 Å². The SMILES string of the molecule is Cc1ccc([C@H](C)NC(=O)[C@@H]2C[C@H]2C)c(C)c1. The number of amides is 1. The third-order valence-electron chi connectivity index (χ3n) is 3.70. The largest absolute Gasteiger partial charge is 0.349 e. The van der Waals surface area contributed by atoms with Crippen LogP contribution in [0.3, 0.4) is 0 Å². The van der Waals surface area contributed by atoms with E-state index in [2.05, 4.69) is 51.2 Å². The van der Waals surface area contributed by atoms with Crippen molar-refractivity contribution < 1.29 is 4.79 Å². The second-order valence-corrected chi connectivity index (χ2v) is 5.41. The van der Waals surface area contributed by atoms with Crippen molar-refractivity contribution >= 4 is 5.91 Å². The first kappa shape index (κ1) is 12.2. The zero-order valence-corrected chi connectivity index (χ0v) is 11.1. The molecule has 1 aromatic rings. The van der Waals surface area contributed by atoms with Crippen LogP contribution in [0.25, 0.3) is 0 Å². The molecule has 1 N–H and O–H groups in total. The van der Waals surface area contributed by atoms with Gasteiger partial charge in [0.05, 0.1) is 6.04 Å². The molecule has 0 aromatic heterocycles. The normalized spacial score (nSPS) is 24.2. The third kappa shape index (κ3) is 2.68. The van der Waals surface area contributed by atoms with Crippen LogP contribution in [0, 0.1) is 25.7 Å². The van der Waals surface area contributed by atoms with Gasteiger partial charge in [0, 0.05) is 5.92 Å². The lowest BCUT2D eigenvalue weighted by molar-refractivity contribution is -0.123. The first-order valence-corrected chi connectivity index (χ1v) is 6.36. The van der Waals surface area contributed by atoms with Crippen molar-refractivity contribution in [3.05, 3.63) is 34.9 Å². The number of benzene rings is 1. The lowest BCUT2D eigenvalue weighted by atomic mass is 10.00. The fraction of sp³-hybridized carbons (Fsp3) is 0.533. The summed E-state index contributed by atoms with van der Waals surface area (Å²) in [4.78, 5) is 11.9. The van der Waals surface area contributed by atoms with Gasteiger partial charge in [0.2, 0.25) is 5.91 Å². The van der Waals surface area contributed by atoms with E-state index in [1.54, 1.807) is 0 Å². The van der Waals surface area contributed by atoms with Crippen molar-refractivity contribution in [3.63, 3.8) is 0 Å². The van der Waals surface area contributed by atoms with Crippen LogP contribution in [0.5, 0.6) is 0 Å². The predicted molar refractivity (Wildman–Crippen MR) is 69.7 cm³/mol. The molecule has 1 amide bonds. The molecule has 1 aromatic carbocycles. The van der Waals surface area contributed by atoms with Crippen LogP contribution in [0.2, 0.25) is 0 Å². The molecule has 2 rings (SSSR count). The van der Waals surface area contributed by atoms with Gasteiger partial charge in [-0.05, 0) is 44.2 Å². The van der Waals surface area contributed by atoms with E-state index in [-0.39, 0.29) is 17.9 Å². The van der Waals surface area contributed by atoms with Crippen LogP contribution in [0.4, 0.5) is 0 Å². The van der Waals surface area contributed by atoms with Gasteiger partial charge in [-0.1, -0.05) is 30.7 Å². The molecule has 92 valence electrons. The Balaban J connectivity index is 2.04. The molecular weight excluding hydrogens is 210 g/mol. The van der Waals surface area contributed by atoms with Crippen LogP contribution < -0.4 is 5.32 Å². The third-order valence-corrected chi connectivity index (χ3v) is 3.70. The maximum Gasteiger partial charge on any atom is 0.223 e. The maximum atomic E-state index is 11.9. The molecule has 1 aliphatic rings. The summed E-state index contributed by atoms with van der Waals surface area (Å²) in [5.74, 6) is 1.04. The minimum absolute atomic E-state index is 0.107. The highest BCUT2D eigenvalue weighted by atomic mass is 16.2. The summed E-state index contributed by atoms with van der Waals surface area (Å²) >= 11 is 0. The molecule has 17 heavy (non-hydrogen) atoms. The number of hydrogen-bond donors (Lipinski definition) is 1. The lowest BCUT2D eigenvalue weighted by Crippen LogP contribution is -2.28. The van der Waals surface area contributed by atoms with E-state index >= 15 is 0 Å². The quantitative estimate of drug-likeness (QED) is 0.850. The highest BCUT2D eigenvalue weighted by Crippen LogP contribution is 2.38. The van der Waals surface area contributed by atoms with Gasteiger partial charge in [0.25, 0.3) is 0 Å². The summed E-state index contributed by atoms with van der Waals surface area (Å²) in [6.45, 7) is 8.38. The summed E-state index contributed by atoms with van der Waals surface area (Å²) in [5.41, 5.74) is 3.74. The summed E-state index contributed by atoms with van der Waals surface area (Å²) in [5, 5.41) is 3.11. The summed E-state index contributed by atoms with van der Waals surface area (Å²) in [7, 11) is 0. The van der Waals surface area contributed by atoms with Crippen molar-refractivity contribution in [1.29, 1.82) is 0 Å². The number of aryl methyl sites for hydroxylation is 2. The summed E-state index contributed by atoms with van der Waals surface area (Å²) < 4.78 is 0. The monoisotopic (exact) mass is 231 g/mol. The van der Waals surface area contributed by atoms with Gasteiger partial charge in [0.1, 0.15) is 0 Å². The van der Waals surface area contributed by atoms with Crippen molar-refractivity contribution in [1.82, 2.24) is 5.32 Å². The van der Waals surface area contributed by atoms with Crippen molar-refractivity contribution in [3.8, 4) is 0 Å². The molecule has 0 aliphatic heterocycles. The Morgan fingerprint density at radius 3 is 2.59 bits per heavy atom. The fourth-order valence-electron chi connectivity index (χ4n) is 2.40. The highest BCUT2D eigenvalue weighted by molar-refractivity contribution is 5.81. The van der Waals surface area contributed by atoms with Gasteiger partial charge in [-0.3, -0.25) is 4.79 Å². The Kier molecular flexibility index (Phi) is 3.23. The minimum Gasteiger partial charge on any atom is -0.349 e. The fourth-order valence-corrected chi connectivity index (χ4v) is 2.40. The number of rotatable bonds is 3. The molecule has 0 heterocycles. The van der Waals surface area contributed by atoms with E-state index in [1.807, 2.05) is 0 Å². The molecule has 0 unspecified atom stereocenters. The Morgan fingerprint density at radius 1 is 1.41 bits per heavy atom. The molecule has 0 saturated heterocycles. The number of hydrogen-bond acceptors (Lipinski definition) is 1. The van der Waals surface area contributed by atoms with Crippen LogP contribution in [-0.4, -0.2) is 5.91 Å². The molecule has 1 fully saturated rings. The topological polar surface area (TPSA) is 29.1 Å². The molecule has 1 aliphatic carbocycles. The van der Waals surface area contributed by atoms with E-state index in [0.717, 1.165) is 6.42 Å². The van der Waals surface area contributed by atoms with E-state index in [4.69, 9.17) is 0 Å². The second-order valence-electron chi connectivity index (χ2n) is 5.41. The first-order chi connectivity index (χ1) is 7.99. The van der Waals surface area contributed by atoms with Gasteiger partial charge in [-0.2, -0.15) is 0 Å². The zero-order valence-electron chi connectivity index (χ0n) is 11.1.